The molecule has 1 N–H and O–H groups in total. The summed E-state index contributed by atoms with van der Waals surface area (Å²) in [4.78, 5) is 4.34. The number of nitrogens with zero attached hydrogens (tertiary/aromatic N) is 1. The molecule has 21 heavy (non-hydrogen) atoms. The van der Waals surface area contributed by atoms with Crippen LogP contribution >= 0.6 is 0 Å². The Labute approximate surface area is 126 Å². The number of ether oxygens (including phenoxy) is 4. The van der Waals surface area contributed by atoms with Crippen LogP contribution in [-0.4, -0.2) is 58.8 Å². The van der Waals surface area contributed by atoms with Crippen LogP contribution in [0, 0.1) is 6.92 Å². The van der Waals surface area contributed by atoms with Gasteiger partial charge in [-0.1, -0.05) is 0 Å². The van der Waals surface area contributed by atoms with Crippen LogP contribution in [0.4, 0.5) is 0 Å². The largest absolute Gasteiger partial charge is 0.475 e. The molecule has 0 spiro atoms. The second-order valence-corrected chi connectivity index (χ2v) is 4.55. The SMILES string of the molecule is CNCc1cc(C)nc(OCCOCCOCCOC)c1. The molecule has 0 aromatic carbocycles. The van der Waals surface area contributed by atoms with E-state index in [4.69, 9.17) is 18.9 Å². The van der Waals surface area contributed by atoms with E-state index in [1.807, 2.05) is 26.1 Å². The van der Waals surface area contributed by atoms with Crippen molar-refractivity contribution in [1.82, 2.24) is 10.3 Å². The Morgan fingerprint density at radius 2 is 1.67 bits per heavy atom. The molecule has 1 heterocycles. The van der Waals surface area contributed by atoms with Crippen molar-refractivity contribution >= 4 is 0 Å². The fourth-order valence-electron chi connectivity index (χ4n) is 1.76. The third-order valence-electron chi connectivity index (χ3n) is 2.65. The summed E-state index contributed by atoms with van der Waals surface area (Å²) >= 11 is 0. The first kappa shape index (κ1) is 17.8. The molecule has 0 amide bonds. The number of methoxy groups -OCH3 is 1. The smallest absolute Gasteiger partial charge is 0.213 e. The molecule has 1 aromatic rings. The molecule has 1 aromatic heterocycles. The lowest BCUT2D eigenvalue weighted by atomic mass is 10.2. The third kappa shape index (κ3) is 8.62. The van der Waals surface area contributed by atoms with E-state index in [1.165, 1.54) is 0 Å². The van der Waals surface area contributed by atoms with Crippen LogP contribution in [0.2, 0.25) is 0 Å². The molecule has 0 aliphatic rings. The van der Waals surface area contributed by atoms with Gasteiger partial charge in [-0.25, -0.2) is 4.98 Å². The maximum atomic E-state index is 5.59. The van der Waals surface area contributed by atoms with E-state index in [0.29, 0.717) is 45.5 Å². The average molecular weight is 298 g/mol. The highest BCUT2D eigenvalue weighted by Crippen LogP contribution is 2.12. The molecule has 0 fully saturated rings. The van der Waals surface area contributed by atoms with Gasteiger partial charge in [0.15, 0.2) is 0 Å². The maximum absolute atomic E-state index is 5.59. The van der Waals surface area contributed by atoms with Crippen LogP contribution in [0.5, 0.6) is 5.88 Å². The number of hydrogen-bond donors (Lipinski definition) is 1. The molecule has 0 bridgehead atoms. The van der Waals surface area contributed by atoms with Gasteiger partial charge in [0.05, 0.1) is 33.0 Å². The molecule has 6 nitrogen and oxygen atoms in total. The van der Waals surface area contributed by atoms with Gasteiger partial charge in [0.2, 0.25) is 5.88 Å². The quantitative estimate of drug-likeness (QED) is 0.585. The van der Waals surface area contributed by atoms with Crippen LogP contribution in [0.15, 0.2) is 12.1 Å². The predicted octanol–water partition coefficient (Wildman–Crippen LogP) is 1.17. The van der Waals surface area contributed by atoms with Crippen LogP contribution < -0.4 is 10.1 Å². The van der Waals surface area contributed by atoms with E-state index in [2.05, 4.69) is 10.3 Å². The third-order valence-corrected chi connectivity index (χ3v) is 2.65. The van der Waals surface area contributed by atoms with Crippen molar-refractivity contribution in [2.45, 2.75) is 13.5 Å². The van der Waals surface area contributed by atoms with Crippen molar-refractivity contribution in [1.29, 1.82) is 0 Å². The standard InChI is InChI=1S/C15H26N2O4/c1-13-10-14(12-16-2)11-15(17-13)21-9-8-20-7-6-19-5-4-18-3/h10-11,16H,4-9,12H2,1-3H3. The van der Waals surface area contributed by atoms with Gasteiger partial charge in [0.25, 0.3) is 0 Å². The first-order valence-corrected chi connectivity index (χ1v) is 7.15. The second kappa shape index (κ2) is 11.4. The van der Waals surface area contributed by atoms with Gasteiger partial charge in [0, 0.05) is 25.4 Å². The highest BCUT2D eigenvalue weighted by atomic mass is 16.6. The first-order valence-electron chi connectivity index (χ1n) is 7.15. The minimum absolute atomic E-state index is 0.480. The number of pyridine rings is 1. The van der Waals surface area contributed by atoms with Gasteiger partial charge in [0.1, 0.15) is 6.61 Å². The molecule has 0 aliphatic carbocycles. The summed E-state index contributed by atoms with van der Waals surface area (Å²) in [7, 11) is 3.57. The lowest BCUT2D eigenvalue weighted by Crippen LogP contribution is -2.13. The fourth-order valence-corrected chi connectivity index (χ4v) is 1.76. The van der Waals surface area contributed by atoms with Gasteiger partial charge in [-0.3, -0.25) is 0 Å². The Hall–Kier alpha value is -1.21. The molecule has 1 rings (SSSR count). The van der Waals surface area contributed by atoms with Gasteiger partial charge >= 0.3 is 0 Å². The minimum Gasteiger partial charge on any atom is -0.475 e. The summed E-state index contributed by atoms with van der Waals surface area (Å²) in [6, 6.07) is 3.98. The molecule has 0 saturated carbocycles. The summed E-state index contributed by atoms with van der Waals surface area (Å²) < 4.78 is 21.2. The van der Waals surface area contributed by atoms with Crippen molar-refractivity contribution < 1.29 is 18.9 Å². The van der Waals surface area contributed by atoms with Crippen molar-refractivity contribution in [3.63, 3.8) is 0 Å². The highest BCUT2D eigenvalue weighted by molar-refractivity contribution is 5.24. The molecular formula is C15H26N2O4. The van der Waals surface area contributed by atoms with E-state index in [0.717, 1.165) is 17.8 Å². The summed E-state index contributed by atoms with van der Waals surface area (Å²) in [5, 5.41) is 3.11. The van der Waals surface area contributed by atoms with Crippen LogP contribution in [-0.2, 0) is 20.8 Å². The highest BCUT2D eigenvalue weighted by Gasteiger charge is 2.01. The first-order chi connectivity index (χ1) is 10.3. The topological polar surface area (TPSA) is 61.8 Å². The molecular weight excluding hydrogens is 272 g/mol. The maximum Gasteiger partial charge on any atom is 0.213 e. The number of rotatable bonds is 12. The number of aromatic nitrogens is 1. The van der Waals surface area contributed by atoms with E-state index >= 15 is 0 Å². The molecule has 0 atom stereocenters. The number of aryl methyl sites for hydroxylation is 1. The molecule has 0 radical (unpaired) electrons. The molecule has 0 aliphatic heterocycles. The van der Waals surface area contributed by atoms with Gasteiger partial charge in [-0.05, 0) is 25.6 Å². The summed E-state index contributed by atoms with van der Waals surface area (Å²) in [5.41, 5.74) is 2.11. The molecule has 120 valence electrons. The van der Waals surface area contributed by atoms with Gasteiger partial charge in [-0.15, -0.1) is 0 Å². The lowest BCUT2D eigenvalue weighted by molar-refractivity contribution is 0.0176. The minimum atomic E-state index is 0.480. The zero-order chi connectivity index (χ0) is 15.3. The molecule has 6 heteroatoms. The van der Waals surface area contributed by atoms with Gasteiger partial charge < -0.3 is 24.3 Å². The lowest BCUT2D eigenvalue weighted by Gasteiger charge is -2.09. The van der Waals surface area contributed by atoms with E-state index in [-0.39, 0.29) is 0 Å². The van der Waals surface area contributed by atoms with Crippen molar-refractivity contribution in [2.24, 2.45) is 0 Å². The predicted molar refractivity (Wildman–Crippen MR) is 80.7 cm³/mol. The number of hydrogen-bond acceptors (Lipinski definition) is 6. The Kier molecular flexibility index (Phi) is 9.73. The Morgan fingerprint density at radius 1 is 1.00 bits per heavy atom. The van der Waals surface area contributed by atoms with Crippen molar-refractivity contribution in [3.8, 4) is 5.88 Å². The van der Waals surface area contributed by atoms with E-state index < -0.39 is 0 Å². The summed E-state index contributed by atoms with van der Waals surface area (Å²) in [6.07, 6.45) is 0. The molecule has 0 saturated heterocycles. The zero-order valence-corrected chi connectivity index (χ0v) is 13.2. The zero-order valence-electron chi connectivity index (χ0n) is 13.2. The van der Waals surface area contributed by atoms with E-state index in [9.17, 15) is 0 Å². The monoisotopic (exact) mass is 298 g/mol. The van der Waals surface area contributed by atoms with Crippen molar-refractivity contribution in [3.05, 3.63) is 23.4 Å². The normalized spacial score (nSPS) is 10.8. The second-order valence-electron chi connectivity index (χ2n) is 4.55. The summed E-state index contributed by atoms with van der Waals surface area (Å²) in [6.45, 7) is 6.08. The van der Waals surface area contributed by atoms with Crippen molar-refractivity contribution in [2.75, 3.05) is 53.8 Å². The van der Waals surface area contributed by atoms with E-state index in [1.54, 1.807) is 7.11 Å². The Bertz CT molecular complexity index is 388. The Balaban J connectivity index is 2.12. The molecule has 0 unspecified atom stereocenters. The van der Waals surface area contributed by atoms with Crippen LogP contribution in [0.25, 0.3) is 0 Å². The van der Waals surface area contributed by atoms with Gasteiger partial charge in [-0.2, -0.15) is 0 Å². The van der Waals surface area contributed by atoms with Crippen LogP contribution in [0.3, 0.4) is 0 Å². The number of nitrogens with one attached hydrogen (secondary N) is 1. The Morgan fingerprint density at radius 3 is 2.33 bits per heavy atom. The fraction of sp³-hybridized carbons (Fsp3) is 0.667. The average Bonchev–Trinajstić information content (AvgIpc) is 2.45. The van der Waals surface area contributed by atoms with Crippen LogP contribution in [0.1, 0.15) is 11.3 Å². The summed E-state index contributed by atoms with van der Waals surface area (Å²) in [5.74, 6) is 0.639.